The molecule has 0 aliphatic carbocycles. The number of nitrogens with one attached hydrogen (secondary N) is 1. The smallest absolute Gasteiger partial charge is 0.134 e. The Kier molecular flexibility index (Phi) is 6.87. The molecule has 1 unspecified atom stereocenters. The van der Waals surface area contributed by atoms with Gasteiger partial charge >= 0.3 is 0 Å². The maximum absolute atomic E-state index is 14.2. The highest BCUT2D eigenvalue weighted by atomic mass is 19.1. The van der Waals surface area contributed by atoms with Crippen LogP contribution in [0.5, 0.6) is 0 Å². The van der Waals surface area contributed by atoms with Crippen LogP contribution in [0.4, 0.5) is 4.39 Å². The van der Waals surface area contributed by atoms with Crippen LogP contribution in [-0.4, -0.2) is 30.5 Å². The van der Waals surface area contributed by atoms with Gasteiger partial charge in [-0.25, -0.2) is 4.39 Å². The summed E-state index contributed by atoms with van der Waals surface area (Å²) in [4.78, 5) is 4.22. The minimum atomic E-state index is -1.40. The van der Waals surface area contributed by atoms with Crippen LogP contribution in [-0.2, 0) is 0 Å². The van der Waals surface area contributed by atoms with Gasteiger partial charge in [-0.05, 0) is 58.2 Å². The van der Waals surface area contributed by atoms with Crippen LogP contribution in [0.25, 0.3) is 0 Å². The van der Waals surface area contributed by atoms with E-state index < -0.39 is 11.7 Å². The van der Waals surface area contributed by atoms with E-state index in [4.69, 9.17) is 5.26 Å². The summed E-state index contributed by atoms with van der Waals surface area (Å²) in [5.41, 5.74) is -1.18. The van der Waals surface area contributed by atoms with E-state index in [-0.39, 0.29) is 5.71 Å². The van der Waals surface area contributed by atoms with E-state index in [1.165, 1.54) is 32.8 Å². The average Bonchev–Trinajstić information content (AvgIpc) is 2.42. The number of piperidine rings is 1. The minimum absolute atomic E-state index is 0.225. The lowest BCUT2D eigenvalue weighted by Crippen LogP contribution is -2.31. The summed E-state index contributed by atoms with van der Waals surface area (Å²) in [6.07, 6.45) is 6.59. The lowest BCUT2D eigenvalue weighted by Gasteiger charge is -2.26. The topological polar surface area (TPSA) is 48.2 Å². The van der Waals surface area contributed by atoms with Crippen molar-refractivity contribution in [1.82, 2.24) is 5.32 Å². The zero-order valence-electron chi connectivity index (χ0n) is 12.7. The van der Waals surface area contributed by atoms with Crippen molar-refractivity contribution in [3.8, 4) is 6.07 Å². The highest BCUT2D eigenvalue weighted by Crippen LogP contribution is 2.26. The largest absolute Gasteiger partial charge is 0.317 e. The minimum Gasteiger partial charge on any atom is -0.317 e. The van der Waals surface area contributed by atoms with Crippen molar-refractivity contribution in [3.05, 3.63) is 12.7 Å². The van der Waals surface area contributed by atoms with Gasteiger partial charge in [0.15, 0.2) is 0 Å². The fourth-order valence-electron chi connectivity index (χ4n) is 2.63. The summed E-state index contributed by atoms with van der Waals surface area (Å²) in [6.45, 7) is 8.79. The van der Waals surface area contributed by atoms with E-state index in [2.05, 4.69) is 16.9 Å². The standard InChI is InChI=1S/C16H26FN3/c1-4-14(12-18)20-15(16(2,3)17)7-5-6-13-8-10-19-11-9-13/h4,13,15,19H,1,5-11H2,2-3H3/b20-14+. The number of halogens is 1. The normalized spacial score (nSPS) is 19.4. The molecule has 1 atom stereocenters. The molecular formula is C16H26FN3. The van der Waals surface area contributed by atoms with Gasteiger partial charge in [-0.3, -0.25) is 4.99 Å². The van der Waals surface area contributed by atoms with Crippen LogP contribution in [0.2, 0.25) is 0 Å². The molecule has 0 radical (unpaired) electrons. The number of allylic oxidation sites excluding steroid dienone is 1. The second kappa shape index (κ2) is 8.16. The summed E-state index contributed by atoms with van der Waals surface area (Å²) in [7, 11) is 0. The van der Waals surface area contributed by atoms with Gasteiger partial charge in [0.05, 0.1) is 6.04 Å². The Bertz CT molecular complexity index is 370. The molecule has 20 heavy (non-hydrogen) atoms. The van der Waals surface area contributed by atoms with Crippen molar-refractivity contribution in [2.45, 2.75) is 57.7 Å². The van der Waals surface area contributed by atoms with Gasteiger partial charge in [0.25, 0.3) is 0 Å². The SMILES string of the molecule is C=C/C(C#N)=N\C(CCCC1CCNCC1)C(C)(C)F. The molecule has 1 aliphatic rings. The van der Waals surface area contributed by atoms with Crippen molar-refractivity contribution in [3.63, 3.8) is 0 Å². The van der Waals surface area contributed by atoms with Crippen molar-refractivity contribution in [2.75, 3.05) is 13.1 Å². The Labute approximate surface area is 122 Å². The molecule has 1 rings (SSSR count). The predicted molar refractivity (Wildman–Crippen MR) is 81.7 cm³/mol. The number of nitrogens with zero attached hydrogens (tertiary/aromatic N) is 2. The number of aliphatic imine (C=N–C) groups is 1. The first-order valence-corrected chi connectivity index (χ1v) is 7.47. The van der Waals surface area contributed by atoms with E-state index in [0.717, 1.165) is 31.8 Å². The van der Waals surface area contributed by atoms with Crippen molar-refractivity contribution in [1.29, 1.82) is 5.26 Å². The molecule has 0 spiro atoms. The Morgan fingerprint density at radius 1 is 1.55 bits per heavy atom. The number of alkyl halides is 1. The summed E-state index contributed by atoms with van der Waals surface area (Å²) >= 11 is 0. The second-order valence-corrected chi connectivity index (χ2v) is 6.03. The van der Waals surface area contributed by atoms with E-state index in [0.29, 0.717) is 6.42 Å². The molecule has 1 fully saturated rings. The first-order chi connectivity index (χ1) is 9.47. The maximum Gasteiger partial charge on any atom is 0.134 e. The summed E-state index contributed by atoms with van der Waals surface area (Å²) in [6, 6.07) is 1.49. The molecule has 1 aliphatic heterocycles. The van der Waals surface area contributed by atoms with E-state index in [9.17, 15) is 4.39 Å². The number of hydrogen-bond acceptors (Lipinski definition) is 3. The Morgan fingerprint density at radius 2 is 2.20 bits per heavy atom. The zero-order chi connectivity index (χ0) is 15.0. The van der Waals surface area contributed by atoms with Crippen LogP contribution in [0.1, 0.15) is 46.0 Å². The third-order valence-corrected chi connectivity index (χ3v) is 3.94. The maximum atomic E-state index is 14.2. The summed E-state index contributed by atoms with van der Waals surface area (Å²) in [5.74, 6) is 0.749. The molecule has 0 aromatic carbocycles. The first kappa shape index (κ1) is 16.8. The van der Waals surface area contributed by atoms with Crippen molar-refractivity contribution in [2.24, 2.45) is 10.9 Å². The van der Waals surface area contributed by atoms with Crippen LogP contribution in [0.3, 0.4) is 0 Å². The van der Waals surface area contributed by atoms with Crippen LogP contribution in [0.15, 0.2) is 17.6 Å². The van der Waals surface area contributed by atoms with Crippen LogP contribution < -0.4 is 5.32 Å². The molecule has 0 aromatic rings. The molecule has 1 saturated heterocycles. The fraction of sp³-hybridized carbons (Fsp3) is 0.750. The third-order valence-electron chi connectivity index (χ3n) is 3.94. The average molecular weight is 279 g/mol. The Balaban J connectivity index is 2.51. The summed E-state index contributed by atoms with van der Waals surface area (Å²) < 4.78 is 14.2. The molecule has 112 valence electrons. The van der Waals surface area contributed by atoms with Crippen molar-refractivity contribution < 1.29 is 4.39 Å². The molecule has 0 aromatic heterocycles. The highest BCUT2D eigenvalue weighted by Gasteiger charge is 2.29. The van der Waals surface area contributed by atoms with Gasteiger partial charge in [0, 0.05) is 0 Å². The van der Waals surface area contributed by atoms with Crippen LogP contribution >= 0.6 is 0 Å². The quantitative estimate of drug-likeness (QED) is 0.726. The molecule has 1 heterocycles. The van der Waals surface area contributed by atoms with E-state index >= 15 is 0 Å². The monoisotopic (exact) mass is 279 g/mol. The van der Waals surface area contributed by atoms with Gasteiger partial charge in [-0.1, -0.05) is 19.4 Å². The molecule has 4 heteroatoms. The highest BCUT2D eigenvalue weighted by molar-refractivity contribution is 6.06. The molecular weight excluding hydrogens is 253 g/mol. The number of rotatable bonds is 7. The fourth-order valence-corrected chi connectivity index (χ4v) is 2.63. The molecule has 1 N–H and O–H groups in total. The molecule has 0 bridgehead atoms. The predicted octanol–water partition coefficient (Wildman–Crippen LogP) is 3.42. The lowest BCUT2D eigenvalue weighted by molar-refractivity contribution is 0.164. The third kappa shape index (κ3) is 5.83. The summed E-state index contributed by atoms with van der Waals surface area (Å²) in [5, 5.41) is 12.2. The van der Waals surface area contributed by atoms with Crippen LogP contribution in [0, 0.1) is 17.2 Å². The molecule has 0 saturated carbocycles. The van der Waals surface area contributed by atoms with Gasteiger partial charge in [-0.2, -0.15) is 5.26 Å². The van der Waals surface area contributed by atoms with Gasteiger partial charge in [-0.15, -0.1) is 0 Å². The Hall–Kier alpha value is -1.21. The second-order valence-electron chi connectivity index (χ2n) is 6.03. The van der Waals surface area contributed by atoms with E-state index in [1.807, 2.05) is 6.07 Å². The van der Waals surface area contributed by atoms with Crippen molar-refractivity contribution >= 4 is 5.71 Å². The van der Waals surface area contributed by atoms with Gasteiger partial charge < -0.3 is 5.32 Å². The zero-order valence-corrected chi connectivity index (χ0v) is 12.7. The Morgan fingerprint density at radius 3 is 2.70 bits per heavy atom. The molecule has 3 nitrogen and oxygen atoms in total. The number of hydrogen-bond donors (Lipinski definition) is 1. The first-order valence-electron chi connectivity index (χ1n) is 7.47. The number of nitriles is 1. The van der Waals surface area contributed by atoms with Gasteiger partial charge in [0.2, 0.25) is 0 Å². The molecule has 0 amide bonds. The lowest BCUT2D eigenvalue weighted by atomic mass is 9.89. The van der Waals surface area contributed by atoms with E-state index in [1.54, 1.807) is 0 Å². The van der Waals surface area contributed by atoms with Gasteiger partial charge in [0.1, 0.15) is 17.4 Å².